The molecular weight excluding hydrogens is 258 g/mol. The number of benzene rings is 1. The van der Waals surface area contributed by atoms with Gasteiger partial charge in [-0.2, -0.15) is 0 Å². The van der Waals surface area contributed by atoms with E-state index in [-0.39, 0.29) is 0 Å². The summed E-state index contributed by atoms with van der Waals surface area (Å²) in [7, 11) is 0. The number of hydrogen-bond acceptors (Lipinski definition) is 3. The van der Waals surface area contributed by atoms with E-state index in [2.05, 4.69) is 20.6 Å². The zero-order valence-corrected chi connectivity index (χ0v) is 9.48. The summed E-state index contributed by atoms with van der Waals surface area (Å²) in [6.45, 7) is 0. The zero-order chi connectivity index (χ0) is 10.8. The number of nitrogens with one attached hydrogen (secondary N) is 1. The average molecular weight is 263 g/mol. The topological polar surface area (TPSA) is 54.5 Å². The molecule has 1 aromatic carbocycles. The Morgan fingerprint density at radius 1 is 1.13 bits per heavy atom. The van der Waals surface area contributed by atoms with Crippen molar-refractivity contribution in [1.82, 2.24) is 20.6 Å². The van der Waals surface area contributed by atoms with Gasteiger partial charge < -0.3 is 0 Å². The highest BCUT2D eigenvalue weighted by atomic mass is 35.5. The largest absolute Gasteiger partial charge is 0.242 e. The number of aromatic amines is 1. The van der Waals surface area contributed by atoms with Crippen LogP contribution in [0.4, 0.5) is 0 Å². The highest BCUT2D eigenvalue weighted by Crippen LogP contribution is 2.30. The molecule has 0 atom stereocenters. The number of hydrogen-bond donors (Lipinski definition) is 1. The van der Waals surface area contributed by atoms with Crippen molar-refractivity contribution in [2.75, 3.05) is 0 Å². The first-order valence-electron chi connectivity index (χ1n) is 3.90. The molecule has 0 bridgehead atoms. The lowest BCUT2D eigenvalue weighted by Crippen LogP contribution is -1.91. The predicted molar refractivity (Wildman–Crippen MR) is 58.2 cm³/mol. The third-order valence-electron chi connectivity index (χ3n) is 1.69. The quantitative estimate of drug-likeness (QED) is 0.905. The number of rotatable bonds is 2. The number of nitrogens with zero attached hydrogens (tertiary/aromatic N) is 3. The molecule has 0 aliphatic heterocycles. The minimum Gasteiger partial charge on any atom is -0.242 e. The Kier molecular flexibility index (Phi) is 3.09. The number of H-pyrrole nitrogens is 1. The lowest BCUT2D eigenvalue weighted by Gasteiger charge is -2.04. The van der Waals surface area contributed by atoms with Crippen LogP contribution in [0.1, 0.15) is 11.4 Å². The molecule has 2 aromatic rings. The van der Waals surface area contributed by atoms with Gasteiger partial charge in [0.1, 0.15) is 0 Å². The van der Waals surface area contributed by atoms with Crippen molar-refractivity contribution in [3.05, 3.63) is 45.0 Å². The second kappa shape index (κ2) is 4.35. The van der Waals surface area contributed by atoms with Crippen LogP contribution in [0.5, 0.6) is 0 Å². The predicted octanol–water partition coefficient (Wildman–Crippen LogP) is 2.76. The van der Waals surface area contributed by atoms with E-state index < -0.39 is 0 Å². The van der Waals surface area contributed by atoms with Gasteiger partial charge in [0, 0.05) is 20.6 Å². The van der Waals surface area contributed by atoms with Crippen molar-refractivity contribution >= 4 is 34.8 Å². The molecule has 0 fully saturated rings. The van der Waals surface area contributed by atoms with Crippen molar-refractivity contribution in [3.8, 4) is 0 Å². The molecule has 0 spiro atoms. The minimum atomic E-state index is 0.448. The molecule has 0 amide bonds. The molecular formula is C8H4Cl3N4. The number of tetrazole rings is 1. The van der Waals surface area contributed by atoms with Gasteiger partial charge in [0.25, 0.3) is 0 Å². The van der Waals surface area contributed by atoms with E-state index in [1.54, 1.807) is 18.6 Å². The van der Waals surface area contributed by atoms with E-state index in [1.807, 2.05) is 0 Å². The summed E-state index contributed by atoms with van der Waals surface area (Å²) >= 11 is 17.7. The van der Waals surface area contributed by atoms with Gasteiger partial charge in [-0.3, -0.25) is 0 Å². The summed E-state index contributed by atoms with van der Waals surface area (Å²) in [5.74, 6) is 0.473. The first-order chi connectivity index (χ1) is 7.16. The molecule has 4 nitrogen and oxygen atoms in total. The lowest BCUT2D eigenvalue weighted by atomic mass is 10.1. The van der Waals surface area contributed by atoms with Crippen LogP contribution in [0.2, 0.25) is 15.1 Å². The Hall–Kier alpha value is -0.840. The molecule has 0 aliphatic rings. The second-order valence-electron chi connectivity index (χ2n) is 2.71. The van der Waals surface area contributed by atoms with Crippen molar-refractivity contribution in [2.24, 2.45) is 0 Å². The molecule has 1 aromatic heterocycles. The van der Waals surface area contributed by atoms with Crippen LogP contribution < -0.4 is 0 Å². The molecule has 15 heavy (non-hydrogen) atoms. The van der Waals surface area contributed by atoms with E-state index in [0.29, 0.717) is 26.5 Å². The van der Waals surface area contributed by atoms with Gasteiger partial charge in [0.05, 0.1) is 6.42 Å². The molecule has 1 N–H and O–H groups in total. The highest BCUT2D eigenvalue weighted by molar-refractivity contribution is 6.39. The third-order valence-corrected chi connectivity index (χ3v) is 2.53. The highest BCUT2D eigenvalue weighted by Gasteiger charge is 2.10. The van der Waals surface area contributed by atoms with Crippen LogP contribution in [0, 0.1) is 6.42 Å². The smallest absolute Gasteiger partial charge is 0.157 e. The zero-order valence-electron chi connectivity index (χ0n) is 7.21. The first-order valence-corrected chi connectivity index (χ1v) is 5.03. The van der Waals surface area contributed by atoms with Gasteiger partial charge in [-0.15, -0.1) is 5.10 Å². The van der Waals surface area contributed by atoms with Gasteiger partial charge >= 0.3 is 0 Å². The van der Waals surface area contributed by atoms with Crippen molar-refractivity contribution in [3.63, 3.8) is 0 Å². The van der Waals surface area contributed by atoms with E-state index in [1.165, 1.54) is 0 Å². The van der Waals surface area contributed by atoms with Gasteiger partial charge in [-0.1, -0.05) is 34.8 Å². The van der Waals surface area contributed by atoms with E-state index >= 15 is 0 Å². The van der Waals surface area contributed by atoms with Crippen LogP contribution in [-0.2, 0) is 0 Å². The normalized spacial score (nSPS) is 10.6. The number of aromatic nitrogens is 4. The Balaban J connectivity index is 2.36. The van der Waals surface area contributed by atoms with E-state index in [9.17, 15) is 0 Å². The molecule has 7 heteroatoms. The monoisotopic (exact) mass is 261 g/mol. The molecule has 0 unspecified atom stereocenters. The Morgan fingerprint density at radius 2 is 1.80 bits per heavy atom. The van der Waals surface area contributed by atoms with Crippen molar-refractivity contribution < 1.29 is 0 Å². The summed E-state index contributed by atoms with van der Waals surface area (Å²) < 4.78 is 0. The standard InChI is InChI=1S/C8H4Cl3N4/c9-4-1-6(10)5(7(11)2-4)3-8-12-14-15-13-8/h1-3H,(H,12,13,14,15). The van der Waals surface area contributed by atoms with Crippen LogP contribution in [0.3, 0.4) is 0 Å². The Bertz CT molecular complexity index is 446. The second-order valence-corrected chi connectivity index (χ2v) is 3.96. The van der Waals surface area contributed by atoms with Crippen LogP contribution in [-0.4, -0.2) is 20.6 Å². The molecule has 1 heterocycles. The molecule has 0 saturated heterocycles. The summed E-state index contributed by atoms with van der Waals surface area (Å²) in [6, 6.07) is 3.20. The van der Waals surface area contributed by atoms with Gasteiger partial charge in [-0.05, 0) is 22.6 Å². The Morgan fingerprint density at radius 3 is 2.33 bits per heavy atom. The summed E-state index contributed by atoms with van der Waals surface area (Å²) in [5.41, 5.74) is 0.626. The molecule has 1 radical (unpaired) electrons. The Labute approximate surface area is 101 Å². The lowest BCUT2D eigenvalue weighted by molar-refractivity contribution is 0.881. The fourth-order valence-electron chi connectivity index (χ4n) is 1.06. The SMILES string of the molecule is Clc1cc(Cl)c([CH]c2nnn[nH]2)c(Cl)c1. The van der Waals surface area contributed by atoms with Gasteiger partial charge in [0.15, 0.2) is 5.82 Å². The number of halogens is 3. The van der Waals surface area contributed by atoms with Gasteiger partial charge in [-0.25, -0.2) is 5.10 Å². The summed E-state index contributed by atoms with van der Waals surface area (Å²) in [4.78, 5) is 0. The van der Waals surface area contributed by atoms with Crippen molar-refractivity contribution in [2.45, 2.75) is 0 Å². The maximum Gasteiger partial charge on any atom is 0.157 e. The van der Waals surface area contributed by atoms with Crippen LogP contribution >= 0.6 is 34.8 Å². The van der Waals surface area contributed by atoms with E-state index in [4.69, 9.17) is 34.8 Å². The minimum absolute atomic E-state index is 0.448. The fourth-order valence-corrected chi connectivity index (χ4v) is 1.98. The maximum atomic E-state index is 5.97. The van der Waals surface area contributed by atoms with Crippen LogP contribution in [0.25, 0.3) is 0 Å². The summed E-state index contributed by atoms with van der Waals surface area (Å²) in [6.07, 6.45) is 1.64. The van der Waals surface area contributed by atoms with Gasteiger partial charge in [0.2, 0.25) is 0 Å². The third kappa shape index (κ3) is 2.40. The van der Waals surface area contributed by atoms with E-state index in [0.717, 1.165) is 0 Å². The summed E-state index contributed by atoms with van der Waals surface area (Å²) in [5, 5.41) is 14.5. The average Bonchev–Trinajstić information content (AvgIpc) is 2.63. The molecule has 2 rings (SSSR count). The molecule has 0 aliphatic carbocycles. The molecule has 0 saturated carbocycles. The van der Waals surface area contributed by atoms with Crippen molar-refractivity contribution in [1.29, 1.82) is 0 Å². The molecule has 77 valence electrons. The first kappa shape index (κ1) is 10.7. The fraction of sp³-hybridized carbons (Fsp3) is 0. The maximum absolute atomic E-state index is 5.97. The van der Waals surface area contributed by atoms with Crippen LogP contribution in [0.15, 0.2) is 12.1 Å².